The van der Waals surface area contributed by atoms with Crippen molar-refractivity contribution in [1.82, 2.24) is 0 Å². The first-order valence-corrected chi connectivity index (χ1v) is 8.91. The molecule has 0 saturated carbocycles. The van der Waals surface area contributed by atoms with E-state index in [2.05, 4.69) is 13.8 Å². The largest absolute Gasteiger partial charge is 0.459 e. The fourth-order valence-electron chi connectivity index (χ4n) is 2.52. The molecule has 1 atom stereocenters. The maximum absolute atomic E-state index is 11.9. The van der Waals surface area contributed by atoms with E-state index in [-0.39, 0.29) is 0 Å². The molecule has 0 aliphatic rings. The van der Waals surface area contributed by atoms with Gasteiger partial charge in [0.05, 0.1) is 6.61 Å². The minimum absolute atomic E-state index is 0.304. The van der Waals surface area contributed by atoms with Gasteiger partial charge in [-0.3, -0.25) is 4.79 Å². The molecule has 0 aliphatic carbocycles. The molecule has 1 aromatic rings. The number of carbonyl (C=O) groups is 2. The van der Waals surface area contributed by atoms with Crippen LogP contribution in [0.25, 0.3) is 0 Å². The molecule has 1 aromatic carbocycles. The lowest BCUT2D eigenvalue weighted by Gasteiger charge is -2.11. The molecule has 1 rings (SSSR count). The number of unbranched alkanes of at least 4 members (excludes halogenated alkanes) is 6. The Hall–Kier alpha value is -1.64. The summed E-state index contributed by atoms with van der Waals surface area (Å²) >= 11 is 0. The molecule has 0 radical (unpaired) electrons. The molecule has 0 saturated heterocycles. The molecule has 0 bridgehead atoms. The van der Waals surface area contributed by atoms with Gasteiger partial charge in [0, 0.05) is 5.56 Å². The van der Waals surface area contributed by atoms with E-state index in [4.69, 9.17) is 4.74 Å². The van der Waals surface area contributed by atoms with Gasteiger partial charge in [-0.05, 0) is 12.3 Å². The lowest BCUT2D eigenvalue weighted by Crippen LogP contribution is -2.20. The third-order valence-electron chi connectivity index (χ3n) is 4.02. The standard InChI is InChI=1S/C20H30O3/c1-3-4-5-6-7-8-10-13-17(2)16-23-20(22)19(21)18-14-11-9-12-15-18/h9,11-12,14-15,17H,3-8,10,13,16H2,1-2H3. The normalized spacial score (nSPS) is 11.9. The van der Waals surface area contributed by atoms with Gasteiger partial charge in [-0.15, -0.1) is 0 Å². The summed E-state index contributed by atoms with van der Waals surface area (Å²) in [4.78, 5) is 23.6. The fraction of sp³-hybridized carbons (Fsp3) is 0.600. The van der Waals surface area contributed by atoms with Gasteiger partial charge >= 0.3 is 5.97 Å². The minimum atomic E-state index is -0.748. The second-order valence-corrected chi connectivity index (χ2v) is 6.31. The molecule has 23 heavy (non-hydrogen) atoms. The van der Waals surface area contributed by atoms with Gasteiger partial charge < -0.3 is 4.74 Å². The molecule has 3 heteroatoms. The fourth-order valence-corrected chi connectivity index (χ4v) is 2.52. The Morgan fingerprint density at radius 1 is 0.957 bits per heavy atom. The van der Waals surface area contributed by atoms with Crippen LogP contribution in [0.1, 0.15) is 75.6 Å². The number of hydrogen-bond acceptors (Lipinski definition) is 3. The van der Waals surface area contributed by atoms with Gasteiger partial charge in [-0.25, -0.2) is 4.79 Å². The van der Waals surface area contributed by atoms with Crippen LogP contribution in [-0.2, 0) is 9.53 Å². The summed E-state index contributed by atoms with van der Waals surface area (Å²) in [5.74, 6) is -1.01. The Bertz CT molecular complexity index is 453. The zero-order valence-electron chi connectivity index (χ0n) is 14.6. The number of rotatable bonds is 12. The van der Waals surface area contributed by atoms with Crippen molar-refractivity contribution in [2.24, 2.45) is 5.92 Å². The molecule has 0 aromatic heterocycles. The Morgan fingerprint density at radius 3 is 2.22 bits per heavy atom. The quantitative estimate of drug-likeness (QED) is 0.230. The maximum Gasteiger partial charge on any atom is 0.379 e. The van der Waals surface area contributed by atoms with Gasteiger partial charge in [0.1, 0.15) is 0 Å². The van der Waals surface area contributed by atoms with Crippen molar-refractivity contribution >= 4 is 11.8 Å². The Kier molecular flexibility index (Phi) is 10.0. The van der Waals surface area contributed by atoms with E-state index < -0.39 is 11.8 Å². The first kappa shape index (κ1) is 19.4. The van der Waals surface area contributed by atoms with Crippen molar-refractivity contribution in [3.8, 4) is 0 Å². The van der Waals surface area contributed by atoms with E-state index in [1.54, 1.807) is 24.3 Å². The van der Waals surface area contributed by atoms with Crippen LogP contribution in [0.2, 0.25) is 0 Å². The van der Waals surface area contributed by atoms with E-state index in [0.29, 0.717) is 18.1 Å². The van der Waals surface area contributed by atoms with Crippen molar-refractivity contribution in [2.75, 3.05) is 6.61 Å². The maximum atomic E-state index is 11.9. The van der Waals surface area contributed by atoms with Crippen LogP contribution >= 0.6 is 0 Å². The Morgan fingerprint density at radius 2 is 1.57 bits per heavy atom. The molecule has 0 aliphatic heterocycles. The summed E-state index contributed by atoms with van der Waals surface area (Å²) in [6.07, 6.45) is 10.0. The van der Waals surface area contributed by atoms with Crippen molar-refractivity contribution in [3.05, 3.63) is 35.9 Å². The zero-order chi connectivity index (χ0) is 16.9. The van der Waals surface area contributed by atoms with Gasteiger partial charge in [0.15, 0.2) is 0 Å². The van der Waals surface area contributed by atoms with Crippen LogP contribution in [0.5, 0.6) is 0 Å². The van der Waals surface area contributed by atoms with Gasteiger partial charge in [-0.1, -0.05) is 89.1 Å². The predicted octanol–water partition coefficient (Wildman–Crippen LogP) is 5.19. The lowest BCUT2D eigenvalue weighted by molar-refractivity contribution is -0.139. The van der Waals surface area contributed by atoms with Crippen LogP contribution < -0.4 is 0 Å². The van der Waals surface area contributed by atoms with E-state index in [1.807, 2.05) is 6.07 Å². The van der Waals surface area contributed by atoms with Crippen LogP contribution in [0, 0.1) is 5.92 Å². The van der Waals surface area contributed by atoms with Gasteiger partial charge in [0.2, 0.25) is 0 Å². The number of Topliss-reactive ketones (excluding diaryl/α,β-unsaturated/α-hetero) is 1. The van der Waals surface area contributed by atoms with Crippen LogP contribution in [0.4, 0.5) is 0 Å². The summed E-state index contributed by atoms with van der Waals surface area (Å²) in [5, 5.41) is 0. The van der Waals surface area contributed by atoms with Crippen LogP contribution in [-0.4, -0.2) is 18.4 Å². The third-order valence-corrected chi connectivity index (χ3v) is 4.02. The minimum Gasteiger partial charge on any atom is -0.459 e. The molecule has 0 amide bonds. The highest BCUT2D eigenvalue weighted by Gasteiger charge is 2.18. The van der Waals surface area contributed by atoms with Crippen LogP contribution in [0.3, 0.4) is 0 Å². The van der Waals surface area contributed by atoms with E-state index in [0.717, 1.165) is 12.8 Å². The molecule has 0 fully saturated rings. The molecule has 0 N–H and O–H groups in total. The second kappa shape index (κ2) is 11.9. The number of ether oxygens (including phenoxy) is 1. The smallest absolute Gasteiger partial charge is 0.379 e. The van der Waals surface area contributed by atoms with E-state index in [9.17, 15) is 9.59 Å². The first-order chi connectivity index (χ1) is 11.1. The third kappa shape index (κ3) is 8.53. The number of hydrogen-bond donors (Lipinski definition) is 0. The highest BCUT2D eigenvalue weighted by Crippen LogP contribution is 2.13. The average Bonchev–Trinajstić information content (AvgIpc) is 2.59. The van der Waals surface area contributed by atoms with E-state index >= 15 is 0 Å². The topological polar surface area (TPSA) is 43.4 Å². The van der Waals surface area contributed by atoms with Crippen molar-refractivity contribution in [3.63, 3.8) is 0 Å². The van der Waals surface area contributed by atoms with Crippen molar-refractivity contribution in [1.29, 1.82) is 0 Å². The van der Waals surface area contributed by atoms with E-state index in [1.165, 1.54) is 38.5 Å². The molecular formula is C20H30O3. The number of benzene rings is 1. The lowest BCUT2D eigenvalue weighted by atomic mass is 10.0. The van der Waals surface area contributed by atoms with Gasteiger partial charge in [0.25, 0.3) is 5.78 Å². The highest BCUT2D eigenvalue weighted by atomic mass is 16.5. The molecule has 1 unspecified atom stereocenters. The average molecular weight is 318 g/mol. The summed E-state index contributed by atoms with van der Waals surface area (Å²) < 4.78 is 5.14. The van der Waals surface area contributed by atoms with Crippen molar-refractivity contribution < 1.29 is 14.3 Å². The molecule has 3 nitrogen and oxygen atoms in total. The SMILES string of the molecule is CCCCCCCCCC(C)COC(=O)C(=O)c1ccccc1. The molecule has 0 spiro atoms. The summed E-state index contributed by atoms with van der Waals surface area (Å²) in [7, 11) is 0. The number of carbonyl (C=O) groups excluding carboxylic acids is 2. The molecular weight excluding hydrogens is 288 g/mol. The predicted molar refractivity (Wildman–Crippen MR) is 93.5 cm³/mol. The van der Waals surface area contributed by atoms with Gasteiger partial charge in [-0.2, -0.15) is 0 Å². The summed E-state index contributed by atoms with van der Waals surface area (Å²) in [6, 6.07) is 8.55. The highest BCUT2D eigenvalue weighted by molar-refractivity contribution is 6.40. The second-order valence-electron chi connectivity index (χ2n) is 6.31. The summed E-state index contributed by atoms with van der Waals surface area (Å²) in [6.45, 7) is 4.62. The Balaban J connectivity index is 2.12. The molecule has 128 valence electrons. The van der Waals surface area contributed by atoms with Crippen molar-refractivity contribution in [2.45, 2.75) is 65.2 Å². The first-order valence-electron chi connectivity index (χ1n) is 8.91. The monoisotopic (exact) mass is 318 g/mol. The molecule has 0 heterocycles. The number of esters is 1. The zero-order valence-corrected chi connectivity index (χ0v) is 14.6. The summed E-state index contributed by atoms with van der Waals surface area (Å²) in [5.41, 5.74) is 0.386. The van der Waals surface area contributed by atoms with Crippen LogP contribution in [0.15, 0.2) is 30.3 Å². The Labute approximate surface area is 140 Å². The number of ketones is 1.